The van der Waals surface area contributed by atoms with Crippen molar-refractivity contribution in [2.75, 3.05) is 5.73 Å². The molecule has 0 saturated carbocycles. The summed E-state index contributed by atoms with van der Waals surface area (Å²) in [6.07, 6.45) is 3.54. The molecule has 0 atom stereocenters. The third kappa shape index (κ3) is 2.59. The van der Waals surface area contributed by atoms with Crippen molar-refractivity contribution < 1.29 is 4.74 Å². The third-order valence-corrected chi connectivity index (χ3v) is 3.55. The van der Waals surface area contributed by atoms with Gasteiger partial charge in [0.15, 0.2) is 0 Å². The second kappa shape index (κ2) is 5.12. The average Bonchev–Trinajstić information content (AvgIpc) is 2.85. The maximum atomic E-state index is 5.84. The SMILES string of the molecule is CC(C)c1nc(N)cc(Oc2ccc3c(c2)CCC3)n1. The Hall–Kier alpha value is -2.10. The van der Waals surface area contributed by atoms with Crippen molar-refractivity contribution in [2.45, 2.75) is 39.0 Å². The van der Waals surface area contributed by atoms with Crippen LogP contribution < -0.4 is 10.5 Å². The molecular formula is C16H19N3O. The van der Waals surface area contributed by atoms with E-state index >= 15 is 0 Å². The van der Waals surface area contributed by atoms with E-state index in [1.807, 2.05) is 19.9 Å². The fourth-order valence-corrected chi connectivity index (χ4v) is 2.50. The largest absolute Gasteiger partial charge is 0.439 e. The normalized spacial score (nSPS) is 13.6. The smallest absolute Gasteiger partial charge is 0.224 e. The number of nitrogens with zero attached hydrogens (tertiary/aromatic N) is 2. The molecule has 0 bridgehead atoms. The summed E-state index contributed by atoms with van der Waals surface area (Å²) in [6, 6.07) is 7.91. The van der Waals surface area contributed by atoms with Gasteiger partial charge in [0.2, 0.25) is 5.88 Å². The number of anilines is 1. The Morgan fingerprint density at radius 1 is 1.10 bits per heavy atom. The highest BCUT2D eigenvalue weighted by molar-refractivity contribution is 5.41. The topological polar surface area (TPSA) is 61.0 Å². The van der Waals surface area contributed by atoms with Crippen LogP contribution in [0.4, 0.5) is 5.82 Å². The molecule has 4 nitrogen and oxygen atoms in total. The van der Waals surface area contributed by atoms with Crippen LogP contribution in [0.5, 0.6) is 11.6 Å². The number of nitrogens with two attached hydrogens (primary N) is 1. The maximum Gasteiger partial charge on any atom is 0.224 e. The van der Waals surface area contributed by atoms with Gasteiger partial charge in [-0.05, 0) is 42.5 Å². The van der Waals surface area contributed by atoms with Crippen LogP contribution in [0.1, 0.15) is 43.1 Å². The molecule has 0 amide bonds. The molecule has 1 aliphatic rings. The first-order chi connectivity index (χ1) is 9.61. The van der Waals surface area contributed by atoms with Crippen LogP contribution in [-0.4, -0.2) is 9.97 Å². The second-order valence-electron chi connectivity index (χ2n) is 5.53. The molecule has 4 heteroatoms. The predicted molar refractivity (Wildman–Crippen MR) is 79.1 cm³/mol. The van der Waals surface area contributed by atoms with Gasteiger partial charge in [0.1, 0.15) is 17.4 Å². The molecule has 1 aromatic carbocycles. The number of hydrogen-bond donors (Lipinski definition) is 1. The predicted octanol–water partition coefficient (Wildman–Crippen LogP) is 3.46. The summed E-state index contributed by atoms with van der Waals surface area (Å²) in [4.78, 5) is 8.63. The van der Waals surface area contributed by atoms with Crippen LogP contribution in [0.15, 0.2) is 24.3 Å². The lowest BCUT2D eigenvalue weighted by Crippen LogP contribution is -2.03. The van der Waals surface area contributed by atoms with E-state index in [-0.39, 0.29) is 5.92 Å². The van der Waals surface area contributed by atoms with Crippen molar-refractivity contribution in [1.29, 1.82) is 0 Å². The van der Waals surface area contributed by atoms with Crippen LogP contribution in [0, 0.1) is 0 Å². The Morgan fingerprint density at radius 3 is 2.70 bits per heavy atom. The van der Waals surface area contributed by atoms with Gasteiger partial charge in [-0.1, -0.05) is 19.9 Å². The third-order valence-electron chi connectivity index (χ3n) is 3.55. The van der Waals surface area contributed by atoms with Gasteiger partial charge in [-0.15, -0.1) is 0 Å². The molecule has 0 saturated heterocycles. The molecule has 1 heterocycles. The highest BCUT2D eigenvalue weighted by atomic mass is 16.5. The number of nitrogen functional groups attached to an aromatic ring is 1. The zero-order valence-electron chi connectivity index (χ0n) is 11.9. The van der Waals surface area contributed by atoms with Gasteiger partial charge >= 0.3 is 0 Å². The zero-order chi connectivity index (χ0) is 14.1. The van der Waals surface area contributed by atoms with Crippen LogP contribution in [0.25, 0.3) is 0 Å². The monoisotopic (exact) mass is 269 g/mol. The van der Waals surface area contributed by atoms with Gasteiger partial charge in [0.05, 0.1) is 0 Å². The molecule has 2 aromatic rings. The molecule has 104 valence electrons. The zero-order valence-corrected chi connectivity index (χ0v) is 11.9. The maximum absolute atomic E-state index is 5.84. The summed E-state index contributed by atoms with van der Waals surface area (Å²) in [5, 5.41) is 0. The standard InChI is InChI=1S/C16H19N3O/c1-10(2)16-18-14(17)9-15(19-16)20-13-7-6-11-4-3-5-12(11)8-13/h6-10H,3-5H2,1-2H3,(H2,17,18,19). The van der Waals surface area contributed by atoms with Crippen LogP contribution in [0.3, 0.4) is 0 Å². The second-order valence-corrected chi connectivity index (χ2v) is 5.53. The Balaban J connectivity index is 1.87. The number of fused-ring (bicyclic) bond motifs is 1. The Kier molecular flexibility index (Phi) is 3.30. The van der Waals surface area contributed by atoms with Gasteiger partial charge < -0.3 is 10.5 Å². The van der Waals surface area contributed by atoms with Gasteiger partial charge in [-0.3, -0.25) is 0 Å². The van der Waals surface area contributed by atoms with Crippen molar-refractivity contribution in [3.63, 3.8) is 0 Å². The van der Waals surface area contributed by atoms with Crippen LogP contribution in [-0.2, 0) is 12.8 Å². The lowest BCUT2D eigenvalue weighted by Gasteiger charge is -2.10. The molecule has 0 fully saturated rings. The molecule has 0 unspecified atom stereocenters. The minimum Gasteiger partial charge on any atom is -0.439 e. The number of benzene rings is 1. The Labute approximate surface area is 119 Å². The number of rotatable bonds is 3. The van der Waals surface area contributed by atoms with E-state index in [0.29, 0.717) is 17.5 Å². The molecule has 20 heavy (non-hydrogen) atoms. The van der Waals surface area contributed by atoms with Crippen molar-refractivity contribution >= 4 is 5.82 Å². The van der Waals surface area contributed by atoms with Crippen LogP contribution >= 0.6 is 0 Å². The molecule has 0 radical (unpaired) electrons. The molecule has 3 rings (SSSR count). The van der Waals surface area contributed by atoms with Gasteiger partial charge in [0.25, 0.3) is 0 Å². The first-order valence-electron chi connectivity index (χ1n) is 7.06. The minimum absolute atomic E-state index is 0.223. The highest BCUT2D eigenvalue weighted by Crippen LogP contribution is 2.29. The lowest BCUT2D eigenvalue weighted by atomic mass is 10.1. The highest BCUT2D eigenvalue weighted by Gasteiger charge is 2.13. The van der Waals surface area contributed by atoms with E-state index in [9.17, 15) is 0 Å². The molecule has 2 N–H and O–H groups in total. The molecular weight excluding hydrogens is 250 g/mol. The minimum atomic E-state index is 0.223. The first-order valence-corrected chi connectivity index (χ1v) is 7.06. The summed E-state index contributed by atoms with van der Waals surface area (Å²) in [7, 11) is 0. The van der Waals surface area contributed by atoms with E-state index < -0.39 is 0 Å². The quantitative estimate of drug-likeness (QED) is 0.926. The van der Waals surface area contributed by atoms with Gasteiger partial charge in [-0.25, -0.2) is 4.98 Å². The average molecular weight is 269 g/mol. The summed E-state index contributed by atoms with van der Waals surface area (Å²) in [5.74, 6) is 2.71. The molecule has 0 aliphatic heterocycles. The van der Waals surface area contributed by atoms with E-state index in [1.165, 1.54) is 24.0 Å². The molecule has 1 aliphatic carbocycles. The van der Waals surface area contributed by atoms with Gasteiger partial charge in [0, 0.05) is 12.0 Å². The Bertz CT molecular complexity index is 638. The number of aromatic nitrogens is 2. The van der Waals surface area contributed by atoms with E-state index in [2.05, 4.69) is 22.1 Å². The van der Waals surface area contributed by atoms with Crippen LogP contribution in [0.2, 0.25) is 0 Å². The summed E-state index contributed by atoms with van der Waals surface area (Å²) in [6.45, 7) is 4.07. The number of hydrogen-bond acceptors (Lipinski definition) is 4. The van der Waals surface area contributed by atoms with E-state index in [1.54, 1.807) is 6.07 Å². The first kappa shape index (κ1) is 12.9. The fraction of sp³-hybridized carbons (Fsp3) is 0.375. The van der Waals surface area contributed by atoms with Crippen molar-refractivity contribution in [2.24, 2.45) is 0 Å². The number of aryl methyl sites for hydroxylation is 2. The summed E-state index contributed by atoms with van der Waals surface area (Å²) in [5.41, 5.74) is 8.63. The fourth-order valence-electron chi connectivity index (χ4n) is 2.50. The van der Waals surface area contributed by atoms with Gasteiger partial charge in [-0.2, -0.15) is 4.98 Å². The van der Waals surface area contributed by atoms with E-state index in [0.717, 1.165) is 12.2 Å². The van der Waals surface area contributed by atoms with E-state index in [4.69, 9.17) is 10.5 Å². The lowest BCUT2D eigenvalue weighted by molar-refractivity contribution is 0.457. The van der Waals surface area contributed by atoms with Crippen molar-refractivity contribution in [3.05, 3.63) is 41.2 Å². The Morgan fingerprint density at radius 2 is 1.90 bits per heavy atom. The molecule has 0 spiro atoms. The molecule has 1 aromatic heterocycles. The summed E-state index contributed by atoms with van der Waals surface area (Å²) >= 11 is 0. The van der Waals surface area contributed by atoms with Crippen molar-refractivity contribution in [1.82, 2.24) is 9.97 Å². The van der Waals surface area contributed by atoms with Crippen molar-refractivity contribution in [3.8, 4) is 11.6 Å². The number of ether oxygens (including phenoxy) is 1. The summed E-state index contributed by atoms with van der Waals surface area (Å²) < 4.78 is 5.84.